The van der Waals surface area contributed by atoms with Crippen molar-refractivity contribution in [1.82, 2.24) is 9.97 Å². The highest BCUT2D eigenvalue weighted by Gasteiger charge is 2.15. The molecule has 102 valence electrons. The van der Waals surface area contributed by atoms with Gasteiger partial charge in [-0.3, -0.25) is 0 Å². The van der Waals surface area contributed by atoms with E-state index in [2.05, 4.69) is 49.6 Å². The van der Waals surface area contributed by atoms with Gasteiger partial charge in [-0.2, -0.15) is 0 Å². The molecular formula is C13H16BrN3OS. The molecule has 2 rings (SSSR count). The number of rotatable bonds is 5. The second-order valence-corrected chi connectivity index (χ2v) is 5.76. The molecule has 1 N–H and O–H groups in total. The Balaban J connectivity index is 2.52. The first-order valence-electron chi connectivity index (χ1n) is 6.01. The highest BCUT2D eigenvalue weighted by Crippen LogP contribution is 2.31. The van der Waals surface area contributed by atoms with Gasteiger partial charge in [-0.25, -0.2) is 9.97 Å². The number of methoxy groups -OCH3 is 1. The molecule has 0 saturated heterocycles. The van der Waals surface area contributed by atoms with Gasteiger partial charge in [0, 0.05) is 13.7 Å². The molecule has 0 fully saturated rings. The third-order valence-electron chi connectivity index (χ3n) is 2.61. The Kier molecular flexibility index (Phi) is 4.90. The SMILES string of the molecule is CCNc1nc(-c2sccc2C)nc(COC)c1Br. The van der Waals surface area contributed by atoms with Crippen LogP contribution < -0.4 is 5.32 Å². The van der Waals surface area contributed by atoms with Crippen molar-refractivity contribution in [3.63, 3.8) is 0 Å². The normalized spacial score (nSPS) is 10.7. The van der Waals surface area contributed by atoms with Crippen molar-refractivity contribution in [2.75, 3.05) is 19.0 Å². The number of aromatic nitrogens is 2. The highest BCUT2D eigenvalue weighted by atomic mass is 79.9. The monoisotopic (exact) mass is 341 g/mol. The van der Waals surface area contributed by atoms with Crippen molar-refractivity contribution in [3.05, 3.63) is 27.2 Å². The first-order valence-corrected chi connectivity index (χ1v) is 7.68. The number of halogens is 1. The van der Waals surface area contributed by atoms with Crippen LogP contribution in [0, 0.1) is 6.92 Å². The summed E-state index contributed by atoms with van der Waals surface area (Å²) in [5, 5.41) is 5.30. The maximum absolute atomic E-state index is 5.20. The number of hydrogen-bond donors (Lipinski definition) is 1. The van der Waals surface area contributed by atoms with Crippen LogP contribution in [0.3, 0.4) is 0 Å². The number of nitrogens with one attached hydrogen (secondary N) is 1. The van der Waals surface area contributed by atoms with Gasteiger partial charge in [-0.1, -0.05) is 0 Å². The lowest BCUT2D eigenvalue weighted by atomic mass is 10.2. The molecular weight excluding hydrogens is 326 g/mol. The zero-order chi connectivity index (χ0) is 13.8. The smallest absolute Gasteiger partial charge is 0.172 e. The Hall–Kier alpha value is -0.980. The molecule has 2 heterocycles. The number of thiophene rings is 1. The third kappa shape index (κ3) is 3.13. The summed E-state index contributed by atoms with van der Waals surface area (Å²) in [6, 6.07) is 2.08. The zero-order valence-electron chi connectivity index (χ0n) is 11.2. The fourth-order valence-corrected chi connectivity index (χ4v) is 3.00. The van der Waals surface area contributed by atoms with Crippen LogP contribution in [0.5, 0.6) is 0 Å². The number of ether oxygens (including phenoxy) is 1. The van der Waals surface area contributed by atoms with Crippen molar-refractivity contribution in [2.24, 2.45) is 0 Å². The van der Waals surface area contributed by atoms with Crippen molar-refractivity contribution in [3.8, 4) is 10.7 Å². The van der Waals surface area contributed by atoms with Gasteiger partial charge in [-0.15, -0.1) is 11.3 Å². The molecule has 2 aromatic rings. The second-order valence-electron chi connectivity index (χ2n) is 4.05. The summed E-state index contributed by atoms with van der Waals surface area (Å²) in [6.07, 6.45) is 0. The van der Waals surface area contributed by atoms with Gasteiger partial charge in [0.1, 0.15) is 5.82 Å². The average molecular weight is 342 g/mol. The third-order valence-corrected chi connectivity index (χ3v) is 4.46. The molecule has 0 unspecified atom stereocenters. The minimum absolute atomic E-state index is 0.457. The molecule has 0 aromatic carbocycles. The molecule has 0 amide bonds. The van der Waals surface area contributed by atoms with E-state index in [1.807, 2.05) is 6.92 Å². The topological polar surface area (TPSA) is 47.0 Å². The Bertz CT molecular complexity index is 544. The molecule has 0 spiro atoms. The Morgan fingerprint density at radius 2 is 2.21 bits per heavy atom. The Morgan fingerprint density at radius 1 is 1.42 bits per heavy atom. The van der Waals surface area contributed by atoms with Gasteiger partial charge in [-0.05, 0) is 46.8 Å². The minimum atomic E-state index is 0.457. The van der Waals surface area contributed by atoms with Crippen LogP contribution in [0.2, 0.25) is 0 Å². The number of aryl methyl sites for hydroxylation is 1. The summed E-state index contributed by atoms with van der Waals surface area (Å²) < 4.78 is 6.07. The standard InChI is InChI=1S/C13H16BrN3OS/c1-4-15-12-10(14)9(7-18-3)16-13(17-12)11-8(2)5-6-19-11/h5-6H,4,7H2,1-3H3,(H,15,16,17). The fraction of sp³-hybridized carbons (Fsp3) is 0.385. The number of anilines is 1. The lowest BCUT2D eigenvalue weighted by Gasteiger charge is -2.11. The Labute approximate surface area is 125 Å². The first kappa shape index (κ1) is 14.4. The summed E-state index contributed by atoms with van der Waals surface area (Å²) >= 11 is 5.19. The molecule has 0 saturated carbocycles. The molecule has 0 aliphatic carbocycles. The van der Waals surface area contributed by atoms with E-state index in [-0.39, 0.29) is 0 Å². The highest BCUT2D eigenvalue weighted by molar-refractivity contribution is 9.10. The number of hydrogen-bond acceptors (Lipinski definition) is 5. The van der Waals surface area contributed by atoms with E-state index in [4.69, 9.17) is 4.74 Å². The van der Waals surface area contributed by atoms with E-state index in [1.54, 1.807) is 18.4 Å². The predicted octanol–water partition coefficient (Wildman–Crippen LogP) is 3.85. The molecule has 6 heteroatoms. The number of nitrogens with zero attached hydrogens (tertiary/aromatic N) is 2. The quantitative estimate of drug-likeness (QED) is 0.896. The molecule has 0 bridgehead atoms. The van der Waals surface area contributed by atoms with Crippen LogP contribution in [-0.2, 0) is 11.3 Å². The van der Waals surface area contributed by atoms with Gasteiger partial charge in [0.2, 0.25) is 0 Å². The maximum Gasteiger partial charge on any atom is 0.172 e. The molecule has 0 aliphatic heterocycles. The van der Waals surface area contributed by atoms with E-state index >= 15 is 0 Å². The largest absolute Gasteiger partial charge is 0.378 e. The predicted molar refractivity (Wildman–Crippen MR) is 82.7 cm³/mol. The summed E-state index contributed by atoms with van der Waals surface area (Å²) in [4.78, 5) is 10.3. The zero-order valence-corrected chi connectivity index (χ0v) is 13.6. The lowest BCUT2D eigenvalue weighted by Crippen LogP contribution is -2.06. The van der Waals surface area contributed by atoms with E-state index in [0.29, 0.717) is 6.61 Å². The summed E-state index contributed by atoms with van der Waals surface area (Å²) in [5.41, 5.74) is 2.05. The summed E-state index contributed by atoms with van der Waals surface area (Å²) in [6.45, 7) is 5.38. The van der Waals surface area contributed by atoms with Crippen LogP contribution in [-0.4, -0.2) is 23.6 Å². The van der Waals surface area contributed by atoms with Crippen LogP contribution in [0.15, 0.2) is 15.9 Å². The average Bonchev–Trinajstić information content (AvgIpc) is 2.81. The van der Waals surface area contributed by atoms with E-state index in [0.717, 1.165) is 33.2 Å². The van der Waals surface area contributed by atoms with Crippen LogP contribution in [0.1, 0.15) is 18.2 Å². The second kappa shape index (κ2) is 6.45. The van der Waals surface area contributed by atoms with Crippen molar-refractivity contribution in [1.29, 1.82) is 0 Å². The molecule has 19 heavy (non-hydrogen) atoms. The van der Waals surface area contributed by atoms with E-state index in [9.17, 15) is 0 Å². The van der Waals surface area contributed by atoms with Gasteiger partial charge < -0.3 is 10.1 Å². The van der Waals surface area contributed by atoms with Gasteiger partial charge in [0.25, 0.3) is 0 Å². The summed E-state index contributed by atoms with van der Waals surface area (Å²) in [5.74, 6) is 1.56. The maximum atomic E-state index is 5.20. The van der Waals surface area contributed by atoms with E-state index in [1.165, 1.54) is 5.56 Å². The fourth-order valence-electron chi connectivity index (χ4n) is 1.71. The van der Waals surface area contributed by atoms with Gasteiger partial charge >= 0.3 is 0 Å². The molecule has 2 aromatic heterocycles. The van der Waals surface area contributed by atoms with Gasteiger partial charge in [0.15, 0.2) is 5.82 Å². The molecule has 0 aliphatic rings. The first-order chi connectivity index (χ1) is 9.17. The minimum Gasteiger partial charge on any atom is -0.378 e. The van der Waals surface area contributed by atoms with Crippen LogP contribution in [0.4, 0.5) is 5.82 Å². The van der Waals surface area contributed by atoms with E-state index < -0.39 is 0 Å². The molecule has 0 atom stereocenters. The molecule has 0 radical (unpaired) electrons. The summed E-state index contributed by atoms with van der Waals surface area (Å²) in [7, 11) is 1.66. The van der Waals surface area contributed by atoms with Crippen LogP contribution in [0.25, 0.3) is 10.7 Å². The molecule has 4 nitrogen and oxygen atoms in total. The van der Waals surface area contributed by atoms with Crippen molar-refractivity contribution < 1.29 is 4.74 Å². The van der Waals surface area contributed by atoms with Crippen molar-refractivity contribution >= 4 is 33.1 Å². The lowest BCUT2D eigenvalue weighted by molar-refractivity contribution is 0.181. The van der Waals surface area contributed by atoms with Crippen LogP contribution >= 0.6 is 27.3 Å². The van der Waals surface area contributed by atoms with Crippen molar-refractivity contribution in [2.45, 2.75) is 20.5 Å². The van der Waals surface area contributed by atoms with Gasteiger partial charge in [0.05, 0.1) is 21.7 Å². The Morgan fingerprint density at radius 3 is 2.79 bits per heavy atom.